The van der Waals surface area contributed by atoms with Crippen molar-refractivity contribution in [3.63, 3.8) is 0 Å². The van der Waals surface area contributed by atoms with Crippen LogP contribution in [0.3, 0.4) is 0 Å². The summed E-state index contributed by atoms with van der Waals surface area (Å²) in [6.07, 6.45) is 3.71. The average Bonchev–Trinajstić information content (AvgIpc) is 2.48. The van der Waals surface area contributed by atoms with Gasteiger partial charge >= 0.3 is 0 Å². The normalized spacial score (nSPS) is 18.1. The molecule has 0 aliphatic carbocycles. The number of rotatable bonds is 7. The lowest BCUT2D eigenvalue weighted by molar-refractivity contribution is 0.0616. The fourth-order valence-electron chi connectivity index (χ4n) is 3.00. The molecule has 0 bridgehead atoms. The average molecular weight is 354 g/mol. The molecule has 1 aromatic carbocycles. The van der Waals surface area contributed by atoms with Crippen molar-refractivity contribution in [1.82, 2.24) is 5.32 Å². The molecule has 0 radical (unpaired) electrons. The third-order valence-electron chi connectivity index (χ3n) is 4.24. The van der Waals surface area contributed by atoms with E-state index in [0.29, 0.717) is 11.8 Å². The molecule has 3 heteroatoms. The Labute approximate surface area is 137 Å². The maximum absolute atomic E-state index is 5.49. The first-order valence-electron chi connectivity index (χ1n) is 8.19. The van der Waals surface area contributed by atoms with Gasteiger partial charge < -0.3 is 10.1 Å². The first kappa shape index (κ1) is 17.0. The van der Waals surface area contributed by atoms with Crippen LogP contribution in [-0.2, 0) is 4.74 Å². The largest absolute Gasteiger partial charge is 0.381 e. The van der Waals surface area contributed by atoms with E-state index in [1.165, 1.54) is 24.8 Å². The molecule has 1 N–H and O–H groups in total. The third kappa shape index (κ3) is 6.09. The van der Waals surface area contributed by atoms with Crippen molar-refractivity contribution in [2.45, 2.75) is 39.0 Å². The highest BCUT2D eigenvalue weighted by Crippen LogP contribution is 2.29. The van der Waals surface area contributed by atoms with Gasteiger partial charge in [0.2, 0.25) is 0 Å². The highest BCUT2D eigenvalue weighted by Gasteiger charge is 2.20. The summed E-state index contributed by atoms with van der Waals surface area (Å²) >= 11 is 3.53. The standard InChI is InChI=1S/C18H28BrNO/c1-14(2)12-20-13-17(11-15-7-9-21-10-8-15)16-3-5-18(19)6-4-16/h3-6,14-15,17,20H,7-13H2,1-2H3. The Morgan fingerprint density at radius 3 is 2.43 bits per heavy atom. The molecule has 21 heavy (non-hydrogen) atoms. The molecule has 1 fully saturated rings. The molecular weight excluding hydrogens is 326 g/mol. The van der Waals surface area contributed by atoms with Crippen molar-refractivity contribution in [2.24, 2.45) is 11.8 Å². The maximum Gasteiger partial charge on any atom is 0.0468 e. The molecular formula is C18H28BrNO. The van der Waals surface area contributed by atoms with Crippen molar-refractivity contribution in [1.29, 1.82) is 0 Å². The number of hydrogen-bond acceptors (Lipinski definition) is 2. The second kappa shape index (κ2) is 8.92. The molecule has 2 rings (SSSR count). The van der Waals surface area contributed by atoms with Crippen molar-refractivity contribution < 1.29 is 4.74 Å². The number of halogens is 1. The van der Waals surface area contributed by atoms with E-state index in [2.05, 4.69) is 59.4 Å². The molecule has 0 saturated carbocycles. The summed E-state index contributed by atoms with van der Waals surface area (Å²) in [7, 11) is 0. The maximum atomic E-state index is 5.49. The minimum atomic E-state index is 0.611. The van der Waals surface area contributed by atoms with Crippen molar-refractivity contribution >= 4 is 15.9 Å². The molecule has 1 aliphatic heterocycles. The van der Waals surface area contributed by atoms with Crippen LogP contribution in [0, 0.1) is 11.8 Å². The van der Waals surface area contributed by atoms with E-state index in [0.717, 1.165) is 36.7 Å². The van der Waals surface area contributed by atoms with Gasteiger partial charge in [-0.2, -0.15) is 0 Å². The molecule has 118 valence electrons. The fraction of sp³-hybridized carbons (Fsp3) is 0.667. The summed E-state index contributed by atoms with van der Waals surface area (Å²) in [6.45, 7) is 8.59. The van der Waals surface area contributed by atoms with Gasteiger partial charge in [-0.15, -0.1) is 0 Å². The summed E-state index contributed by atoms with van der Waals surface area (Å²) < 4.78 is 6.65. The summed E-state index contributed by atoms with van der Waals surface area (Å²) in [5, 5.41) is 3.64. The third-order valence-corrected chi connectivity index (χ3v) is 4.77. The van der Waals surface area contributed by atoms with Crippen LogP contribution in [0.25, 0.3) is 0 Å². The van der Waals surface area contributed by atoms with E-state index in [1.807, 2.05) is 0 Å². The minimum absolute atomic E-state index is 0.611. The SMILES string of the molecule is CC(C)CNCC(CC1CCOCC1)c1ccc(Br)cc1. The molecule has 0 aromatic heterocycles. The number of benzene rings is 1. The molecule has 1 aromatic rings. The minimum Gasteiger partial charge on any atom is -0.381 e. The van der Waals surface area contributed by atoms with Gasteiger partial charge in [-0.05, 0) is 61.3 Å². The van der Waals surface area contributed by atoms with Gasteiger partial charge in [0.1, 0.15) is 0 Å². The quantitative estimate of drug-likeness (QED) is 0.773. The smallest absolute Gasteiger partial charge is 0.0468 e. The van der Waals surface area contributed by atoms with E-state index >= 15 is 0 Å². The van der Waals surface area contributed by atoms with Crippen LogP contribution in [0.2, 0.25) is 0 Å². The first-order chi connectivity index (χ1) is 10.1. The van der Waals surface area contributed by atoms with Crippen LogP contribution in [0.5, 0.6) is 0 Å². The van der Waals surface area contributed by atoms with E-state index in [9.17, 15) is 0 Å². The van der Waals surface area contributed by atoms with Gasteiger partial charge in [-0.25, -0.2) is 0 Å². The van der Waals surface area contributed by atoms with Crippen LogP contribution >= 0.6 is 15.9 Å². The molecule has 0 spiro atoms. The zero-order valence-electron chi connectivity index (χ0n) is 13.3. The van der Waals surface area contributed by atoms with Crippen LogP contribution in [-0.4, -0.2) is 26.3 Å². The Balaban J connectivity index is 1.96. The van der Waals surface area contributed by atoms with Gasteiger partial charge in [0.25, 0.3) is 0 Å². The predicted molar refractivity (Wildman–Crippen MR) is 92.8 cm³/mol. The molecule has 1 heterocycles. The summed E-state index contributed by atoms with van der Waals surface area (Å²) in [6, 6.07) is 8.86. The molecule has 2 nitrogen and oxygen atoms in total. The second-order valence-electron chi connectivity index (χ2n) is 6.59. The Morgan fingerprint density at radius 2 is 1.81 bits per heavy atom. The second-order valence-corrected chi connectivity index (χ2v) is 7.51. The zero-order valence-corrected chi connectivity index (χ0v) is 14.9. The fourth-order valence-corrected chi connectivity index (χ4v) is 3.27. The van der Waals surface area contributed by atoms with Gasteiger partial charge in [0.15, 0.2) is 0 Å². The van der Waals surface area contributed by atoms with Gasteiger partial charge in [-0.3, -0.25) is 0 Å². The van der Waals surface area contributed by atoms with E-state index in [1.54, 1.807) is 0 Å². The van der Waals surface area contributed by atoms with Crippen molar-refractivity contribution in [2.75, 3.05) is 26.3 Å². The van der Waals surface area contributed by atoms with E-state index in [-0.39, 0.29) is 0 Å². The molecule has 1 aliphatic rings. The molecule has 0 amide bonds. The Hall–Kier alpha value is -0.380. The zero-order chi connectivity index (χ0) is 15.1. The van der Waals surface area contributed by atoms with Gasteiger partial charge in [-0.1, -0.05) is 41.9 Å². The van der Waals surface area contributed by atoms with Crippen molar-refractivity contribution in [3.8, 4) is 0 Å². The van der Waals surface area contributed by atoms with Crippen LogP contribution in [0.1, 0.15) is 44.6 Å². The van der Waals surface area contributed by atoms with Gasteiger partial charge in [0, 0.05) is 24.2 Å². The lowest BCUT2D eigenvalue weighted by Crippen LogP contribution is -2.28. The van der Waals surface area contributed by atoms with Crippen molar-refractivity contribution in [3.05, 3.63) is 34.3 Å². The monoisotopic (exact) mass is 353 g/mol. The van der Waals surface area contributed by atoms with E-state index < -0.39 is 0 Å². The highest BCUT2D eigenvalue weighted by molar-refractivity contribution is 9.10. The lowest BCUT2D eigenvalue weighted by atomic mass is 9.85. The van der Waals surface area contributed by atoms with E-state index in [4.69, 9.17) is 4.74 Å². The summed E-state index contributed by atoms with van der Waals surface area (Å²) in [5.41, 5.74) is 1.46. The Bertz CT molecular complexity index is 398. The summed E-state index contributed by atoms with van der Waals surface area (Å²) in [5.74, 6) is 2.13. The number of nitrogens with one attached hydrogen (secondary N) is 1. The predicted octanol–water partition coefficient (Wildman–Crippen LogP) is 4.60. The van der Waals surface area contributed by atoms with Gasteiger partial charge in [0.05, 0.1) is 0 Å². The van der Waals surface area contributed by atoms with Crippen LogP contribution < -0.4 is 5.32 Å². The molecule has 1 atom stereocenters. The molecule has 1 saturated heterocycles. The van der Waals surface area contributed by atoms with Crippen LogP contribution in [0.15, 0.2) is 28.7 Å². The first-order valence-corrected chi connectivity index (χ1v) is 8.98. The number of ether oxygens (including phenoxy) is 1. The summed E-state index contributed by atoms with van der Waals surface area (Å²) in [4.78, 5) is 0. The Kier molecular flexibility index (Phi) is 7.21. The topological polar surface area (TPSA) is 21.3 Å². The highest BCUT2D eigenvalue weighted by atomic mass is 79.9. The molecule has 1 unspecified atom stereocenters. The Morgan fingerprint density at radius 1 is 1.14 bits per heavy atom. The lowest BCUT2D eigenvalue weighted by Gasteiger charge is -2.27. The van der Waals surface area contributed by atoms with Crippen LogP contribution in [0.4, 0.5) is 0 Å². The number of hydrogen-bond donors (Lipinski definition) is 1.